The molecule has 4 bridgehead atoms. The maximum atomic E-state index is 13.2. The van der Waals surface area contributed by atoms with E-state index in [4.69, 9.17) is 4.42 Å². The molecule has 0 unspecified atom stereocenters. The lowest BCUT2D eigenvalue weighted by molar-refractivity contribution is -0.124. The number of hydrogen-bond donors (Lipinski definition) is 0. The van der Waals surface area contributed by atoms with Crippen LogP contribution in [0.15, 0.2) is 71.2 Å². The third-order valence-corrected chi connectivity index (χ3v) is 9.94. The molecule has 0 N–H and O–H groups in total. The molecule has 4 fully saturated rings. The van der Waals surface area contributed by atoms with E-state index >= 15 is 0 Å². The lowest BCUT2D eigenvalue weighted by atomic mass is 9.85. The van der Waals surface area contributed by atoms with Crippen LogP contribution < -0.4 is 9.80 Å². The average molecular weight is 518 g/mol. The van der Waals surface area contributed by atoms with Crippen LogP contribution >= 0.6 is 0 Å². The highest BCUT2D eigenvalue weighted by atomic mass is 16.3. The van der Waals surface area contributed by atoms with Crippen molar-refractivity contribution in [2.45, 2.75) is 12.8 Å². The fraction of sp³-hybridized carbons (Fsp3) is 0.323. The van der Waals surface area contributed by atoms with Crippen molar-refractivity contribution in [2.24, 2.45) is 47.3 Å². The molecule has 2 aromatic carbocycles. The summed E-state index contributed by atoms with van der Waals surface area (Å²) in [4.78, 5) is 59.9. The number of fused-ring (bicyclic) bond motifs is 11. The molecule has 4 aliphatic carbocycles. The SMILES string of the molecule is O=C1[C@@H]2[C@@H](C(=O)N1c1ccc(-c3nc4ccc(N5C(=O)[C@@H]6[C@H](C5=O)[C@@H]5C=C[C@H]6C5)cc4o3)cc1)[C@H]1C=C[C@@H]2C1. The molecular formula is C31H23N3O5. The minimum absolute atomic E-state index is 0.108. The van der Waals surface area contributed by atoms with Crippen molar-refractivity contribution in [3.05, 3.63) is 66.8 Å². The normalized spacial score (nSPS) is 35.4. The Balaban J connectivity index is 0.997. The molecule has 8 heteroatoms. The van der Waals surface area contributed by atoms with E-state index in [1.807, 2.05) is 0 Å². The molecule has 8 atom stereocenters. The first-order chi connectivity index (χ1) is 19.0. The summed E-state index contributed by atoms with van der Waals surface area (Å²) in [6, 6.07) is 12.3. The lowest BCUT2D eigenvalue weighted by Gasteiger charge is -2.17. The second kappa shape index (κ2) is 7.20. The molecule has 2 saturated carbocycles. The summed E-state index contributed by atoms with van der Waals surface area (Å²) in [5, 5.41) is 0. The first kappa shape index (κ1) is 21.6. The number of benzene rings is 2. The molecule has 3 aromatic rings. The molecule has 8 nitrogen and oxygen atoms in total. The molecule has 4 amide bonds. The van der Waals surface area contributed by atoms with Gasteiger partial charge >= 0.3 is 0 Å². The van der Waals surface area contributed by atoms with Crippen molar-refractivity contribution in [1.82, 2.24) is 4.98 Å². The number of hydrogen-bond acceptors (Lipinski definition) is 6. The summed E-state index contributed by atoms with van der Waals surface area (Å²) in [7, 11) is 0. The Kier molecular flexibility index (Phi) is 3.98. The Morgan fingerprint density at radius 3 is 1.59 bits per heavy atom. The highest BCUT2D eigenvalue weighted by Gasteiger charge is 2.60. The van der Waals surface area contributed by atoms with Gasteiger partial charge in [-0.1, -0.05) is 24.3 Å². The van der Waals surface area contributed by atoms with Gasteiger partial charge < -0.3 is 4.42 Å². The molecule has 9 rings (SSSR count). The Morgan fingerprint density at radius 1 is 0.615 bits per heavy atom. The smallest absolute Gasteiger partial charge is 0.238 e. The Bertz CT molecular complexity index is 1660. The zero-order chi connectivity index (χ0) is 26.2. The summed E-state index contributed by atoms with van der Waals surface area (Å²) < 4.78 is 6.05. The number of imide groups is 2. The number of carbonyl (C=O) groups excluding carboxylic acids is 4. The van der Waals surface area contributed by atoms with Gasteiger partial charge in [-0.25, -0.2) is 9.88 Å². The van der Waals surface area contributed by atoms with Gasteiger partial charge in [0.15, 0.2) is 5.58 Å². The summed E-state index contributed by atoms with van der Waals surface area (Å²) in [6.45, 7) is 0. The number of carbonyl (C=O) groups is 4. The average Bonchev–Trinajstić information content (AvgIpc) is 3.79. The van der Waals surface area contributed by atoms with E-state index in [9.17, 15) is 19.2 Å². The number of allylic oxidation sites excluding steroid dienone is 4. The topological polar surface area (TPSA) is 101 Å². The first-order valence-electron chi connectivity index (χ1n) is 13.6. The van der Waals surface area contributed by atoms with Gasteiger partial charge in [-0.15, -0.1) is 0 Å². The van der Waals surface area contributed by atoms with Crippen LogP contribution in [0.2, 0.25) is 0 Å². The van der Waals surface area contributed by atoms with E-state index in [2.05, 4.69) is 29.3 Å². The fourth-order valence-electron chi connectivity index (χ4n) is 8.24. The third kappa shape index (κ3) is 2.66. The number of rotatable bonds is 3. The van der Waals surface area contributed by atoms with Crippen molar-refractivity contribution < 1.29 is 23.6 Å². The molecular weight excluding hydrogens is 494 g/mol. The molecule has 6 aliphatic rings. The van der Waals surface area contributed by atoms with Gasteiger partial charge in [-0.3, -0.25) is 24.1 Å². The summed E-state index contributed by atoms with van der Waals surface area (Å²) in [5.41, 5.74) is 2.85. The molecule has 39 heavy (non-hydrogen) atoms. The van der Waals surface area contributed by atoms with Crippen molar-refractivity contribution in [1.29, 1.82) is 0 Å². The molecule has 192 valence electrons. The van der Waals surface area contributed by atoms with Crippen molar-refractivity contribution >= 4 is 46.1 Å². The van der Waals surface area contributed by atoms with Gasteiger partial charge in [-0.05, 0) is 72.9 Å². The van der Waals surface area contributed by atoms with Crippen LogP contribution in [0, 0.1) is 47.3 Å². The van der Waals surface area contributed by atoms with E-state index in [1.54, 1.807) is 42.5 Å². The molecule has 2 saturated heterocycles. The van der Waals surface area contributed by atoms with E-state index in [1.165, 1.54) is 9.80 Å². The number of nitrogens with zero attached hydrogens (tertiary/aromatic N) is 3. The van der Waals surface area contributed by atoms with E-state index in [-0.39, 0.29) is 71.0 Å². The Morgan fingerprint density at radius 2 is 1.08 bits per heavy atom. The van der Waals surface area contributed by atoms with Gasteiger partial charge in [0, 0.05) is 11.6 Å². The van der Waals surface area contributed by atoms with Crippen molar-refractivity contribution in [2.75, 3.05) is 9.80 Å². The highest BCUT2D eigenvalue weighted by Crippen LogP contribution is 2.54. The van der Waals surface area contributed by atoms with Crippen LogP contribution in [-0.4, -0.2) is 28.6 Å². The minimum atomic E-state index is -0.257. The number of anilines is 2. The minimum Gasteiger partial charge on any atom is -0.436 e. The van der Waals surface area contributed by atoms with Crippen molar-refractivity contribution in [3.8, 4) is 11.5 Å². The van der Waals surface area contributed by atoms with Gasteiger partial charge in [0.25, 0.3) is 0 Å². The standard InChI is InChI=1S/C31H23N3O5/c35-28-23-15-1-2-16(11-15)24(23)29(36)33(28)19-7-5-14(6-8-19)27-32-21-10-9-20(13-22(21)39-27)34-30(37)25-17-3-4-18(12-17)26(25)31(34)38/h1-10,13,15-18,23-26H,11-12H2/t15-,16+,17-,18+,23-,24-,25-,26+/m0/s1. The molecule has 0 spiro atoms. The fourth-order valence-corrected chi connectivity index (χ4v) is 8.24. The highest BCUT2D eigenvalue weighted by molar-refractivity contribution is 6.24. The predicted octanol–water partition coefficient (Wildman–Crippen LogP) is 4.12. The summed E-state index contributed by atoms with van der Waals surface area (Å²) >= 11 is 0. The van der Waals surface area contributed by atoms with Crippen LogP contribution in [0.5, 0.6) is 0 Å². The Hall–Kier alpha value is -4.33. The quantitative estimate of drug-likeness (QED) is 0.383. The van der Waals surface area contributed by atoms with Gasteiger partial charge in [0.2, 0.25) is 29.5 Å². The van der Waals surface area contributed by atoms with Gasteiger partial charge in [0.1, 0.15) is 5.52 Å². The van der Waals surface area contributed by atoms with E-state index in [0.29, 0.717) is 33.9 Å². The number of oxazole rings is 1. The molecule has 3 heterocycles. The maximum Gasteiger partial charge on any atom is 0.238 e. The molecule has 1 aromatic heterocycles. The maximum absolute atomic E-state index is 13.2. The number of amides is 4. The van der Waals surface area contributed by atoms with Crippen LogP contribution in [0.4, 0.5) is 11.4 Å². The van der Waals surface area contributed by atoms with Crippen LogP contribution in [-0.2, 0) is 19.2 Å². The Labute approximate surface area is 223 Å². The molecule has 2 aliphatic heterocycles. The summed E-state index contributed by atoms with van der Waals surface area (Å²) in [5.74, 6) is -0.435. The lowest BCUT2D eigenvalue weighted by Crippen LogP contribution is -2.32. The van der Waals surface area contributed by atoms with E-state index in [0.717, 1.165) is 12.8 Å². The van der Waals surface area contributed by atoms with Crippen LogP contribution in [0.25, 0.3) is 22.6 Å². The third-order valence-electron chi connectivity index (χ3n) is 9.94. The predicted molar refractivity (Wildman–Crippen MR) is 140 cm³/mol. The van der Waals surface area contributed by atoms with Crippen LogP contribution in [0.1, 0.15) is 12.8 Å². The largest absolute Gasteiger partial charge is 0.436 e. The zero-order valence-electron chi connectivity index (χ0n) is 20.8. The van der Waals surface area contributed by atoms with Crippen LogP contribution in [0.3, 0.4) is 0 Å². The molecule has 0 radical (unpaired) electrons. The van der Waals surface area contributed by atoms with Gasteiger partial charge in [0.05, 0.1) is 35.0 Å². The number of aromatic nitrogens is 1. The second-order valence-corrected chi connectivity index (χ2v) is 11.7. The second-order valence-electron chi connectivity index (χ2n) is 11.7. The van der Waals surface area contributed by atoms with Gasteiger partial charge in [-0.2, -0.15) is 0 Å². The van der Waals surface area contributed by atoms with E-state index < -0.39 is 0 Å². The summed E-state index contributed by atoms with van der Waals surface area (Å²) in [6.07, 6.45) is 10.1. The van der Waals surface area contributed by atoms with Crippen molar-refractivity contribution in [3.63, 3.8) is 0 Å². The monoisotopic (exact) mass is 517 g/mol. The first-order valence-corrected chi connectivity index (χ1v) is 13.6. The zero-order valence-corrected chi connectivity index (χ0v) is 20.8.